The molecule has 0 radical (unpaired) electrons. The van der Waals surface area contributed by atoms with Gasteiger partial charge in [0, 0.05) is 42.9 Å². The second-order valence-electron chi connectivity index (χ2n) is 8.92. The van der Waals surface area contributed by atoms with E-state index in [2.05, 4.69) is 26.5 Å². The van der Waals surface area contributed by atoms with E-state index < -0.39 is 6.10 Å². The summed E-state index contributed by atoms with van der Waals surface area (Å²) in [5.41, 5.74) is 4.32. The molecule has 10 nitrogen and oxygen atoms in total. The molecule has 4 rings (SSSR count). The lowest BCUT2D eigenvalue weighted by Gasteiger charge is -2.25. The number of carbonyl (C=O) groups excluding carboxylic acids is 1. The van der Waals surface area contributed by atoms with Crippen molar-refractivity contribution < 1.29 is 14.6 Å². The molecular formula is C24H29N7O3S. The van der Waals surface area contributed by atoms with Gasteiger partial charge in [0.1, 0.15) is 16.8 Å². The first-order valence-electron chi connectivity index (χ1n) is 11.5. The Morgan fingerprint density at radius 3 is 2.86 bits per heavy atom. The molecule has 1 amide bonds. The van der Waals surface area contributed by atoms with Crippen LogP contribution in [0, 0.1) is 18.3 Å². The Hall–Kier alpha value is -3.33. The van der Waals surface area contributed by atoms with Crippen LogP contribution in [-0.4, -0.2) is 67.7 Å². The first-order chi connectivity index (χ1) is 16.7. The van der Waals surface area contributed by atoms with Crippen molar-refractivity contribution in [2.75, 3.05) is 19.6 Å². The average Bonchev–Trinajstić information content (AvgIpc) is 3.43. The number of fused-ring (bicyclic) bond motifs is 1. The van der Waals surface area contributed by atoms with Gasteiger partial charge in [-0.05, 0) is 45.9 Å². The number of aromatic nitrogens is 4. The fourth-order valence-corrected chi connectivity index (χ4v) is 4.78. The van der Waals surface area contributed by atoms with Crippen molar-refractivity contribution in [3.05, 3.63) is 40.7 Å². The van der Waals surface area contributed by atoms with Crippen LogP contribution in [0.3, 0.4) is 0 Å². The molecule has 184 valence electrons. The Kier molecular flexibility index (Phi) is 7.45. The number of amides is 1. The van der Waals surface area contributed by atoms with Gasteiger partial charge in [0.15, 0.2) is 0 Å². The number of carbonyl (C=O) groups is 1. The summed E-state index contributed by atoms with van der Waals surface area (Å²) >= 11 is 1.40. The van der Waals surface area contributed by atoms with Gasteiger partial charge >= 0.3 is 0 Å². The normalized spacial score (nSPS) is 14.4. The molecule has 35 heavy (non-hydrogen) atoms. The van der Waals surface area contributed by atoms with Gasteiger partial charge in [-0.2, -0.15) is 10.4 Å². The number of aliphatic hydroxyl groups excluding tert-OH is 1. The molecular weight excluding hydrogens is 466 g/mol. The van der Waals surface area contributed by atoms with E-state index in [4.69, 9.17) is 9.84 Å². The van der Waals surface area contributed by atoms with Crippen molar-refractivity contribution in [3.8, 4) is 27.5 Å². The Labute approximate surface area is 208 Å². The van der Waals surface area contributed by atoms with E-state index >= 15 is 0 Å². The van der Waals surface area contributed by atoms with Gasteiger partial charge < -0.3 is 15.2 Å². The smallest absolute Gasteiger partial charge is 0.234 e. The summed E-state index contributed by atoms with van der Waals surface area (Å²) in [4.78, 5) is 14.2. The fourth-order valence-electron chi connectivity index (χ4n) is 3.93. The Morgan fingerprint density at radius 1 is 1.34 bits per heavy atom. The first-order valence-corrected chi connectivity index (χ1v) is 12.4. The Morgan fingerprint density at radius 2 is 2.14 bits per heavy atom. The molecule has 0 saturated carbocycles. The molecule has 0 aliphatic carbocycles. The van der Waals surface area contributed by atoms with E-state index in [1.165, 1.54) is 11.3 Å². The fraction of sp³-hybridized carbons (Fsp3) is 0.458. The Balaban J connectivity index is 1.51. The molecule has 2 aromatic heterocycles. The van der Waals surface area contributed by atoms with Crippen molar-refractivity contribution in [1.29, 1.82) is 5.26 Å². The number of nitrogens with zero attached hydrogens (tertiary/aromatic N) is 6. The van der Waals surface area contributed by atoms with E-state index in [0.717, 1.165) is 35.5 Å². The van der Waals surface area contributed by atoms with Crippen molar-refractivity contribution in [2.45, 2.75) is 52.9 Å². The number of nitrogens with one attached hydrogen (secondary N) is 1. The topological polar surface area (TPSA) is 129 Å². The molecule has 3 heterocycles. The van der Waals surface area contributed by atoms with Gasteiger partial charge in [-0.15, -0.1) is 10.2 Å². The van der Waals surface area contributed by atoms with Crippen LogP contribution in [0.15, 0.2) is 18.2 Å². The second-order valence-corrected chi connectivity index (χ2v) is 9.87. The number of hydrogen-bond donors (Lipinski definition) is 2. The van der Waals surface area contributed by atoms with E-state index in [-0.39, 0.29) is 25.1 Å². The molecule has 1 aromatic carbocycles. The van der Waals surface area contributed by atoms with Gasteiger partial charge in [-0.1, -0.05) is 11.3 Å². The molecule has 3 aromatic rings. The highest BCUT2D eigenvalue weighted by Crippen LogP contribution is 2.31. The number of benzene rings is 1. The summed E-state index contributed by atoms with van der Waals surface area (Å²) in [6, 6.07) is 7.63. The lowest BCUT2D eigenvalue weighted by molar-refractivity contribution is -0.122. The molecule has 0 unspecified atom stereocenters. The van der Waals surface area contributed by atoms with E-state index in [0.29, 0.717) is 28.0 Å². The van der Waals surface area contributed by atoms with Crippen LogP contribution in [-0.2, 0) is 17.8 Å². The minimum Gasteiger partial charge on any atom is -0.490 e. The third kappa shape index (κ3) is 5.67. The quantitative estimate of drug-likeness (QED) is 0.487. The van der Waals surface area contributed by atoms with Crippen molar-refractivity contribution in [3.63, 3.8) is 0 Å². The summed E-state index contributed by atoms with van der Waals surface area (Å²) in [6.07, 6.45) is 0.146. The zero-order chi connectivity index (χ0) is 25.1. The Bertz CT molecular complexity index is 1260. The zero-order valence-corrected chi connectivity index (χ0v) is 21.1. The van der Waals surface area contributed by atoms with Crippen LogP contribution < -0.4 is 10.1 Å². The monoisotopic (exact) mass is 495 g/mol. The lowest BCUT2D eigenvalue weighted by Crippen LogP contribution is -2.41. The highest BCUT2D eigenvalue weighted by molar-refractivity contribution is 7.17. The molecule has 1 aliphatic rings. The summed E-state index contributed by atoms with van der Waals surface area (Å²) in [6.45, 7) is 9.35. The van der Waals surface area contributed by atoms with Crippen LogP contribution >= 0.6 is 11.3 Å². The summed E-state index contributed by atoms with van der Waals surface area (Å²) in [5.74, 6) is 0.449. The van der Waals surface area contributed by atoms with Crippen molar-refractivity contribution >= 4 is 17.2 Å². The van der Waals surface area contributed by atoms with Gasteiger partial charge in [0.05, 0.1) is 30.0 Å². The highest BCUT2D eigenvalue weighted by atomic mass is 32.1. The molecule has 0 fully saturated rings. The van der Waals surface area contributed by atoms with Crippen molar-refractivity contribution in [1.82, 2.24) is 30.2 Å². The predicted octanol–water partition coefficient (Wildman–Crippen LogP) is 2.21. The number of rotatable bonds is 8. The molecule has 0 saturated heterocycles. The SMILES string of the molecule is Cc1c2c(nn1-c1nnc(-c3ccc(OC(C)C)c(C#N)c3)s1)CCN(CC(=O)NC[C@H](C)O)C2. The maximum atomic E-state index is 12.2. The summed E-state index contributed by atoms with van der Waals surface area (Å²) < 4.78 is 7.52. The van der Waals surface area contributed by atoms with Crippen molar-refractivity contribution in [2.24, 2.45) is 0 Å². The minimum absolute atomic E-state index is 0.0237. The number of ether oxygens (including phenoxy) is 1. The minimum atomic E-state index is -0.568. The zero-order valence-electron chi connectivity index (χ0n) is 20.3. The molecule has 0 bridgehead atoms. The molecule has 1 aliphatic heterocycles. The lowest BCUT2D eigenvalue weighted by atomic mass is 10.1. The maximum Gasteiger partial charge on any atom is 0.234 e. The van der Waals surface area contributed by atoms with E-state index in [1.54, 1.807) is 19.1 Å². The third-order valence-corrected chi connectivity index (χ3v) is 6.58. The van der Waals surface area contributed by atoms with Gasteiger partial charge in [-0.3, -0.25) is 9.69 Å². The predicted molar refractivity (Wildman–Crippen MR) is 131 cm³/mol. The van der Waals surface area contributed by atoms with Gasteiger partial charge in [0.2, 0.25) is 11.0 Å². The number of aliphatic hydroxyl groups is 1. The van der Waals surface area contributed by atoms with E-state index in [1.807, 2.05) is 31.5 Å². The van der Waals surface area contributed by atoms with Crippen LogP contribution in [0.1, 0.15) is 43.3 Å². The van der Waals surface area contributed by atoms with Crippen LogP contribution in [0.2, 0.25) is 0 Å². The first kappa shape index (κ1) is 24.8. The molecule has 11 heteroatoms. The summed E-state index contributed by atoms with van der Waals surface area (Å²) in [7, 11) is 0. The van der Waals surface area contributed by atoms with Gasteiger partial charge in [0.25, 0.3) is 0 Å². The summed E-state index contributed by atoms with van der Waals surface area (Å²) in [5, 5.41) is 36.4. The number of hydrogen-bond acceptors (Lipinski definition) is 9. The largest absolute Gasteiger partial charge is 0.490 e. The second kappa shape index (κ2) is 10.5. The van der Waals surface area contributed by atoms with Gasteiger partial charge in [-0.25, -0.2) is 4.68 Å². The van der Waals surface area contributed by atoms with E-state index in [9.17, 15) is 15.2 Å². The standard InChI is InChI=1S/C24H29N7O3S/c1-14(2)34-21-6-5-17(9-18(21)10-25)23-27-28-24(35-23)31-16(4)19-12-30(8-7-20(19)29-31)13-22(33)26-11-15(3)32/h5-6,9,14-15,32H,7-8,11-13H2,1-4H3,(H,26,33)/t15-/m0/s1. The van der Waals surface area contributed by atoms with Crippen LogP contribution in [0.5, 0.6) is 5.75 Å². The van der Waals surface area contributed by atoms with Crippen LogP contribution in [0.4, 0.5) is 0 Å². The third-order valence-electron chi connectivity index (χ3n) is 5.64. The maximum absolute atomic E-state index is 12.2. The molecule has 1 atom stereocenters. The van der Waals surface area contributed by atoms with Crippen LogP contribution in [0.25, 0.3) is 15.7 Å². The highest BCUT2D eigenvalue weighted by Gasteiger charge is 2.25. The molecule has 2 N–H and O–H groups in total. The number of nitriles is 1. The molecule has 0 spiro atoms. The average molecular weight is 496 g/mol.